The van der Waals surface area contributed by atoms with Gasteiger partial charge in [-0.2, -0.15) is 0 Å². The van der Waals surface area contributed by atoms with Crippen molar-refractivity contribution in [2.24, 2.45) is 0 Å². The first-order chi connectivity index (χ1) is 8.60. The van der Waals surface area contributed by atoms with E-state index in [2.05, 4.69) is 45.0 Å². The largest absolute Gasteiger partial charge is 0.480 e. The molecule has 19 heavy (non-hydrogen) atoms. The Morgan fingerprint density at radius 1 is 1.32 bits per heavy atom. The fourth-order valence-electron chi connectivity index (χ4n) is 2.21. The zero-order chi connectivity index (χ0) is 15.3. The second kappa shape index (κ2) is 7.25. The molecule has 0 aromatic carbocycles. The van der Waals surface area contributed by atoms with Crippen molar-refractivity contribution in [3.8, 4) is 0 Å². The number of carboxylic acids is 1. The smallest absolute Gasteiger partial charge is 0.323 e. The lowest BCUT2D eigenvalue weighted by atomic mass is 9.89. The molecule has 2 unspecified atom stereocenters. The number of carboxylic acid groups (broad SMARTS) is 1. The fraction of sp³-hybridized carbons (Fsp3) is 0.933. The highest BCUT2D eigenvalue weighted by Gasteiger charge is 2.37. The molecule has 0 radical (unpaired) electrons. The van der Waals surface area contributed by atoms with Crippen LogP contribution in [-0.4, -0.2) is 46.7 Å². The van der Waals surface area contributed by atoms with E-state index >= 15 is 0 Å². The highest BCUT2D eigenvalue weighted by atomic mass is 16.4. The van der Waals surface area contributed by atoms with Crippen molar-refractivity contribution >= 4 is 5.97 Å². The average molecular weight is 272 g/mol. The molecule has 114 valence electrons. The summed E-state index contributed by atoms with van der Waals surface area (Å²) >= 11 is 0. The molecule has 0 saturated heterocycles. The van der Waals surface area contributed by atoms with E-state index in [1.807, 2.05) is 6.92 Å². The second-order valence-electron chi connectivity index (χ2n) is 6.39. The second-order valence-corrected chi connectivity index (χ2v) is 6.39. The Morgan fingerprint density at radius 3 is 2.21 bits per heavy atom. The van der Waals surface area contributed by atoms with Gasteiger partial charge in [-0.15, -0.1) is 0 Å². The number of nitrogens with one attached hydrogen (secondary N) is 1. The molecule has 0 aliphatic heterocycles. The molecule has 0 bridgehead atoms. The number of hydrogen-bond acceptors (Lipinski definition) is 3. The topological polar surface area (TPSA) is 52.6 Å². The van der Waals surface area contributed by atoms with Gasteiger partial charge in [0.05, 0.1) is 0 Å². The summed E-state index contributed by atoms with van der Waals surface area (Å²) in [4.78, 5) is 13.8. The maximum Gasteiger partial charge on any atom is 0.323 e. The summed E-state index contributed by atoms with van der Waals surface area (Å²) in [6.45, 7) is 13.2. The van der Waals surface area contributed by atoms with Gasteiger partial charge in [0.25, 0.3) is 0 Å². The van der Waals surface area contributed by atoms with E-state index in [1.165, 1.54) is 0 Å². The molecule has 0 aliphatic carbocycles. The van der Waals surface area contributed by atoms with Crippen molar-refractivity contribution in [2.45, 2.75) is 77.9 Å². The van der Waals surface area contributed by atoms with Crippen LogP contribution in [0.3, 0.4) is 0 Å². The average Bonchev–Trinajstić information content (AvgIpc) is 2.34. The predicted molar refractivity (Wildman–Crippen MR) is 80.5 cm³/mol. The lowest BCUT2D eigenvalue weighted by Gasteiger charge is -2.42. The Morgan fingerprint density at radius 2 is 1.84 bits per heavy atom. The minimum atomic E-state index is -0.854. The third kappa shape index (κ3) is 5.11. The highest BCUT2D eigenvalue weighted by Crippen LogP contribution is 2.24. The summed E-state index contributed by atoms with van der Waals surface area (Å²) in [5.74, 6) is -0.768. The Balaban J connectivity index is 4.81. The van der Waals surface area contributed by atoms with Crippen LogP contribution in [-0.2, 0) is 4.79 Å². The van der Waals surface area contributed by atoms with Crippen molar-refractivity contribution in [3.63, 3.8) is 0 Å². The van der Waals surface area contributed by atoms with Crippen LogP contribution in [0, 0.1) is 0 Å². The first-order valence-corrected chi connectivity index (χ1v) is 7.32. The molecule has 0 aromatic heterocycles. The summed E-state index contributed by atoms with van der Waals surface area (Å²) < 4.78 is 0. The maximum absolute atomic E-state index is 11.5. The van der Waals surface area contributed by atoms with Gasteiger partial charge in [0, 0.05) is 11.6 Å². The summed E-state index contributed by atoms with van der Waals surface area (Å²) in [7, 11) is 2.08. The van der Waals surface area contributed by atoms with Gasteiger partial charge in [0.2, 0.25) is 0 Å². The van der Waals surface area contributed by atoms with Gasteiger partial charge in [-0.05, 0) is 60.5 Å². The van der Waals surface area contributed by atoms with Gasteiger partial charge in [-0.3, -0.25) is 9.69 Å². The molecule has 0 heterocycles. The number of rotatable bonds is 9. The SMILES string of the molecule is CCCNC(C)(CC(C)N(C)C(C)(C)CC)C(=O)O. The molecule has 0 fully saturated rings. The molecular formula is C15H32N2O2. The lowest BCUT2D eigenvalue weighted by molar-refractivity contribution is -0.145. The summed E-state index contributed by atoms with van der Waals surface area (Å²) in [6.07, 6.45) is 2.58. The molecular weight excluding hydrogens is 240 g/mol. The number of aliphatic carboxylic acids is 1. The van der Waals surface area contributed by atoms with Crippen LogP contribution in [0.25, 0.3) is 0 Å². The Kier molecular flexibility index (Phi) is 7.01. The molecule has 4 heteroatoms. The minimum absolute atomic E-state index is 0.0869. The molecule has 0 saturated carbocycles. The molecule has 2 atom stereocenters. The molecule has 4 nitrogen and oxygen atoms in total. The normalized spacial score (nSPS) is 17.3. The number of hydrogen-bond donors (Lipinski definition) is 2. The standard InChI is InChI=1S/C15H32N2O2/c1-8-10-16-15(6,13(18)19)11-12(3)17(7)14(4,5)9-2/h12,16H,8-11H2,1-7H3,(H,18,19). The monoisotopic (exact) mass is 272 g/mol. The molecule has 0 spiro atoms. The van der Waals surface area contributed by atoms with Gasteiger partial charge in [-0.1, -0.05) is 13.8 Å². The van der Waals surface area contributed by atoms with Crippen LogP contribution in [0.2, 0.25) is 0 Å². The zero-order valence-electron chi connectivity index (χ0n) is 13.7. The van der Waals surface area contributed by atoms with Gasteiger partial charge in [0.15, 0.2) is 0 Å². The number of nitrogens with zero attached hydrogens (tertiary/aromatic N) is 1. The first-order valence-electron chi connectivity index (χ1n) is 7.32. The Labute approximate surface area is 118 Å². The van der Waals surface area contributed by atoms with Crippen LogP contribution in [0.1, 0.15) is 60.8 Å². The molecule has 0 aromatic rings. The van der Waals surface area contributed by atoms with Gasteiger partial charge in [-0.25, -0.2) is 0 Å². The summed E-state index contributed by atoms with van der Waals surface area (Å²) in [5, 5.41) is 12.6. The molecule has 2 N–H and O–H groups in total. The third-order valence-corrected chi connectivity index (χ3v) is 4.42. The Hall–Kier alpha value is -0.610. The van der Waals surface area contributed by atoms with Crippen LogP contribution < -0.4 is 5.32 Å². The van der Waals surface area contributed by atoms with E-state index in [-0.39, 0.29) is 11.6 Å². The van der Waals surface area contributed by atoms with E-state index in [0.717, 1.165) is 19.4 Å². The van der Waals surface area contributed by atoms with Crippen molar-refractivity contribution in [3.05, 3.63) is 0 Å². The lowest BCUT2D eigenvalue weighted by Crippen LogP contribution is -2.55. The van der Waals surface area contributed by atoms with Gasteiger partial charge >= 0.3 is 5.97 Å². The minimum Gasteiger partial charge on any atom is -0.480 e. The van der Waals surface area contributed by atoms with Crippen LogP contribution in [0.4, 0.5) is 0 Å². The van der Waals surface area contributed by atoms with Crippen molar-refractivity contribution < 1.29 is 9.90 Å². The summed E-state index contributed by atoms with van der Waals surface area (Å²) in [5.41, 5.74) is -0.767. The predicted octanol–water partition coefficient (Wildman–Crippen LogP) is 2.73. The van der Waals surface area contributed by atoms with Gasteiger partial charge < -0.3 is 10.4 Å². The zero-order valence-corrected chi connectivity index (χ0v) is 13.7. The third-order valence-electron chi connectivity index (χ3n) is 4.42. The quantitative estimate of drug-likeness (QED) is 0.677. The first kappa shape index (κ1) is 18.4. The van der Waals surface area contributed by atoms with Crippen LogP contribution in [0.5, 0.6) is 0 Å². The van der Waals surface area contributed by atoms with Crippen molar-refractivity contribution in [1.29, 1.82) is 0 Å². The van der Waals surface area contributed by atoms with E-state index in [4.69, 9.17) is 0 Å². The molecule has 0 amide bonds. The Bertz CT molecular complexity index is 292. The summed E-state index contributed by atoms with van der Waals surface area (Å²) in [6, 6.07) is 0.209. The molecule has 0 aliphatic rings. The van der Waals surface area contributed by atoms with Crippen molar-refractivity contribution in [1.82, 2.24) is 10.2 Å². The van der Waals surface area contributed by atoms with E-state index in [1.54, 1.807) is 6.92 Å². The fourth-order valence-corrected chi connectivity index (χ4v) is 2.21. The van der Waals surface area contributed by atoms with Crippen LogP contribution in [0.15, 0.2) is 0 Å². The van der Waals surface area contributed by atoms with E-state index in [0.29, 0.717) is 6.42 Å². The van der Waals surface area contributed by atoms with Crippen molar-refractivity contribution in [2.75, 3.05) is 13.6 Å². The molecule has 0 rings (SSSR count). The highest BCUT2D eigenvalue weighted by molar-refractivity contribution is 5.78. The van der Waals surface area contributed by atoms with E-state index < -0.39 is 11.5 Å². The number of carbonyl (C=O) groups is 1. The maximum atomic E-state index is 11.5. The van der Waals surface area contributed by atoms with Gasteiger partial charge in [0.1, 0.15) is 5.54 Å². The van der Waals surface area contributed by atoms with Crippen LogP contribution >= 0.6 is 0 Å². The van der Waals surface area contributed by atoms with E-state index in [9.17, 15) is 9.90 Å².